The standard InChI is InChI=1S/C22H21N3O3S/c1-3-9-28-19-12-23-16(10-18(19)26)13-25-14(2)24-21-17(22(25)27)11-20(29-21)15-7-5-4-6-8-15/h4-8,10-12H,3,9,13H2,1-2H3,(H,23,26). The summed E-state index contributed by atoms with van der Waals surface area (Å²) in [4.78, 5) is 34.7. The highest BCUT2D eigenvalue weighted by molar-refractivity contribution is 7.21. The molecular formula is C22H21N3O3S. The summed E-state index contributed by atoms with van der Waals surface area (Å²) in [5.74, 6) is 0.898. The van der Waals surface area contributed by atoms with E-state index in [0.717, 1.165) is 21.7 Å². The molecule has 0 aliphatic rings. The number of H-pyrrole nitrogens is 1. The van der Waals surface area contributed by atoms with Crippen molar-refractivity contribution in [1.29, 1.82) is 0 Å². The number of ether oxygens (including phenoxy) is 1. The molecule has 0 amide bonds. The molecule has 1 aromatic carbocycles. The predicted molar refractivity (Wildman–Crippen MR) is 116 cm³/mol. The van der Waals surface area contributed by atoms with Gasteiger partial charge in [0.2, 0.25) is 5.43 Å². The van der Waals surface area contributed by atoms with Gasteiger partial charge in [-0.05, 0) is 25.0 Å². The van der Waals surface area contributed by atoms with Crippen LogP contribution in [0.1, 0.15) is 24.9 Å². The maximum Gasteiger partial charge on any atom is 0.262 e. The van der Waals surface area contributed by atoms with Gasteiger partial charge in [-0.25, -0.2) is 4.98 Å². The molecule has 0 spiro atoms. The molecule has 29 heavy (non-hydrogen) atoms. The van der Waals surface area contributed by atoms with Gasteiger partial charge in [0.25, 0.3) is 5.56 Å². The van der Waals surface area contributed by atoms with Crippen LogP contribution in [0.5, 0.6) is 5.75 Å². The molecule has 6 nitrogen and oxygen atoms in total. The first-order valence-electron chi connectivity index (χ1n) is 9.47. The van der Waals surface area contributed by atoms with E-state index < -0.39 is 0 Å². The molecule has 0 radical (unpaired) electrons. The van der Waals surface area contributed by atoms with E-state index in [1.807, 2.05) is 43.3 Å². The largest absolute Gasteiger partial charge is 0.488 e. The van der Waals surface area contributed by atoms with Crippen molar-refractivity contribution in [3.8, 4) is 16.2 Å². The number of fused-ring (bicyclic) bond motifs is 1. The van der Waals surface area contributed by atoms with Gasteiger partial charge in [-0.2, -0.15) is 0 Å². The Bertz CT molecular complexity index is 1270. The summed E-state index contributed by atoms with van der Waals surface area (Å²) in [5, 5.41) is 0.588. The van der Waals surface area contributed by atoms with E-state index in [-0.39, 0.29) is 17.5 Å². The molecule has 0 fully saturated rings. The van der Waals surface area contributed by atoms with Crippen molar-refractivity contribution in [2.45, 2.75) is 26.8 Å². The lowest BCUT2D eigenvalue weighted by Gasteiger charge is -2.10. The second kappa shape index (κ2) is 8.05. The maximum atomic E-state index is 13.1. The zero-order chi connectivity index (χ0) is 20.4. The monoisotopic (exact) mass is 407 g/mol. The Morgan fingerprint density at radius 2 is 1.97 bits per heavy atom. The average Bonchev–Trinajstić information content (AvgIpc) is 3.15. The van der Waals surface area contributed by atoms with Crippen LogP contribution in [0.25, 0.3) is 20.7 Å². The number of aromatic nitrogens is 3. The number of hydrogen-bond acceptors (Lipinski definition) is 5. The highest BCUT2D eigenvalue weighted by Gasteiger charge is 2.14. The molecule has 7 heteroatoms. The quantitative estimate of drug-likeness (QED) is 0.525. The fourth-order valence-corrected chi connectivity index (χ4v) is 4.21. The van der Waals surface area contributed by atoms with Gasteiger partial charge in [-0.3, -0.25) is 14.2 Å². The number of rotatable bonds is 6. The second-order valence-corrected chi connectivity index (χ2v) is 7.81. The first kappa shape index (κ1) is 19.1. The summed E-state index contributed by atoms with van der Waals surface area (Å²) < 4.78 is 7.00. The van der Waals surface area contributed by atoms with Gasteiger partial charge in [0, 0.05) is 22.8 Å². The van der Waals surface area contributed by atoms with Crippen molar-refractivity contribution in [3.05, 3.63) is 80.8 Å². The third kappa shape index (κ3) is 3.86. The van der Waals surface area contributed by atoms with Gasteiger partial charge in [0.05, 0.1) is 18.5 Å². The molecule has 0 unspecified atom stereocenters. The Labute approximate surface area is 171 Å². The number of nitrogens with one attached hydrogen (secondary N) is 1. The third-order valence-corrected chi connectivity index (χ3v) is 5.71. The molecule has 4 aromatic rings. The number of aromatic amines is 1. The Morgan fingerprint density at radius 3 is 2.69 bits per heavy atom. The van der Waals surface area contributed by atoms with Crippen molar-refractivity contribution in [3.63, 3.8) is 0 Å². The summed E-state index contributed by atoms with van der Waals surface area (Å²) in [6, 6.07) is 13.3. The lowest BCUT2D eigenvalue weighted by atomic mass is 10.2. The minimum atomic E-state index is -0.200. The van der Waals surface area contributed by atoms with Crippen LogP contribution in [-0.2, 0) is 6.54 Å². The van der Waals surface area contributed by atoms with Crippen LogP contribution in [0.3, 0.4) is 0 Å². The van der Waals surface area contributed by atoms with Crippen molar-refractivity contribution in [1.82, 2.24) is 14.5 Å². The number of benzene rings is 1. The van der Waals surface area contributed by atoms with Crippen molar-refractivity contribution < 1.29 is 4.74 Å². The average molecular weight is 407 g/mol. The van der Waals surface area contributed by atoms with Crippen LogP contribution in [0.2, 0.25) is 0 Å². The van der Waals surface area contributed by atoms with E-state index >= 15 is 0 Å². The smallest absolute Gasteiger partial charge is 0.262 e. The van der Waals surface area contributed by atoms with Crippen LogP contribution >= 0.6 is 11.3 Å². The van der Waals surface area contributed by atoms with Crippen molar-refractivity contribution in [2.75, 3.05) is 6.61 Å². The summed E-state index contributed by atoms with van der Waals surface area (Å²) in [7, 11) is 0. The van der Waals surface area contributed by atoms with E-state index in [1.54, 1.807) is 17.7 Å². The van der Waals surface area contributed by atoms with Crippen molar-refractivity contribution >= 4 is 21.6 Å². The van der Waals surface area contributed by atoms with Crippen LogP contribution in [0.15, 0.2) is 58.3 Å². The van der Waals surface area contributed by atoms with E-state index in [2.05, 4.69) is 9.97 Å². The summed E-state index contributed by atoms with van der Waals surface area (Å²) in [6.45, 7) is 4.52. The SMILES string of the molecule is CCCOc1c[nH]c(Cn2c(C)nc3sc(-c4ccccc4)cc3c2=O)cc1=O. The van der Waals surface area contributed by atoms with Crippen LogP contribution < -0.4 is 15.7 Å². The van der Waals surface area contributed by atoms with Gasteiger partial charge in [0.1, 0.15) is 10.7 Å². The maximum absolute atomic E-state index is 13.1. The highest BCUT2D eigenvalue weighted by Crippen LogP contribution is 2.30. The van der Waals surface area contributed by atoms with E-state index in [4.69, 9.17) is 4.74 Å². The highest BCUT2D eigenvalue weighted by atomic mass is 32.1. The topological polar surface area (TPSA) is 77.0 Å². The lowest BCUT2D eigenvalue weighted by Crippen LogP contribution is -2.25. The van der Waals surface area contributed by atoms with Gasteiger partial charge in [-0.15, -0.1) is 11.3 Å². The first-order chi connectivity index (χ1) is 14.1. The molecule has 0 atom stereocenters. The first-order valence-corrected chi connectivity index (χ1v) is 10.3. The number of pyridine rings is 1. The Kier molecular flexibility index (Phi) is 5.31. The molecule has 0 saturated carbocycles. The molecule has 148 valence electrons. The van der Waals surface area contributed by atoms with Gasteiger partial charge < -0.3 is 9.72 Å². The summed E-state index contributed by atoms with van der Waals surface area (Å²) in [6.07, 6.45) is 2.38. The molecule has 0 aliphatic carbocycles. The fourth-order valence-electron chi connectivity index (χ4n) is 3.14. The zero-order valence-electron chi connectivity index (χ0n) is 16.3. The molecule has 0 saturated heterocycles. The van der Waals surface area contributed by atoms with Crippen molar-refractivity contribution in [2.24, 2.45) is 0 Å². The third-order valence-electron chi connectivity index (χ3n) is 4.63. The number of thiophene rings is 1. The Hall–Kier alpha value is -3.19. The summed E-state index contributed by atoms with van der Waals surface area (Å²) >= 11 is 1.51. The zero-order valence-corrected chi connectivity index (χ0v) is 17.1. The number of nitrogens with zero attached hydrogens (tertiary/aromatic N) is 2. The Balaban J connectivity index is 1.70. The van der Waals surface area contributed by atoms with Gasteiger partial charge in [-0.1, -0.05) is 37.3 Å². The second-order valence-electron chi connectivity index (χ2n) is 6.78. The molecule has 4 rings (SSSR count). The minimum absolute atomic E-state index is 0.113. The van der Waals surface area contributed by atoms with Crippen LogP contribution in [-0.4, -0.2) is 21.1 Å². The molecule has 1 N–H and O–H groups in total. The molecular weight excluding hydrogens is 386 g/mol. The normalized spacial score (nSPS) is 11.1. The number of hydrogen-bond donors (Lipinski definition) is 1. The Morgan fingerprint density at radius 1 is 1.17 bits per heavy atom. The van der Waals surface area contributed by atoms with E-state index in [0.29, 0.717) is 29.3 Å². The molecule has 0 aliphatic heterocycles. The number of aryl methyl sites for hydroxylation is 1. The molecule has 3 heterocycles. The molecule has 3 aromatic heterocycles. The minimum Gasteiger partial charge on any atom is -0.488 e. The van der Waals surface area contributed by atoms with Crippen LogP contribution in [0.4, 0.5) is 0 Å². The fraction of sp³-hybridized carbons (Fsp3) is 0.227. The van der Waals surface area contributed by atoms with Gasteiger partial charge >= 0.3 is 0 Å². The van der Waals surface area contributed by atoms with E-state index in [1.165, 1.54) is 17.4 Å². The van der Waals surface area contributed by atoms with Gasteiger partial charge in [0.15, 0.2) is 5.75 Å². The van der Waals surface area contributed by atoms with E-state index in [9.17, 15) is 9.59 Å². The molecule has 0 bridgehead atoms. The summed E-state index contributed by atoms with van der Waals surface area (Å²) in [5.41, 5.74) is 1.38. The van der Waals surface area contributed by atoms with Crippen LogP contribution in [0, 0.1) is 6.92 Å². The predicted octanol–water partition coefficient (Wildman–Crippen LogP) is 3.96. The lowest BCUT2D eigenvalue weighted by molar-refractivity contribution is 0.313.